The summed E-state index contributed by atoms with van der Waals surface area (Å²) in [7, 11) is 0. The summed E-state index contributed by atoms with van der Waals surface area (Å²) in [5, 5.41) is 10.2. The van der Waals surface area contributed by atoms with Crippen molar-refractivity contribution >= 4 is 17.3 Å². The van der Waals surface area contributed by atoms with Crippen LogP contribution < -0.4 is 4.90 Å². The Hall–Kier alpha value is -3.25. The van der Waals surface area contributed by atoms with Crippen molar-refractivity contribution in [1.82, 2.24) is 9.80 Å². The number of anilines is 2. The van der Waals surface area contributed by atoms with E-state index in [0.29, 0.717) is 31.3 Å². The Balaban J connectivity index is 1.52. The van der Waals surface area contributed by atoms with Crippen LogP contribution in [0.2, 0.25) is 0 Å². The zero-order valence-corrected chi connectivity index (χ0v) is 20.2. The fourth-order valence-electron chi connectivity index (χ4n) is 4.76. The van der Waals surface area contributed by atoms with Crippen molar-refractivity contribution in [3.05, 3.63) is 78.1 Å². The molecular formula is C28H35N3O3. The van der Waals surface area contributed by atoms with Crippen LogP contribution in [0.4, 0.5) is 11.4 Å². The van der Waals surface area contributed by atoms with Crippen LogP contribution in [0.5, 0.6) is 5.75 Å². The smallest absolute Gasteiger partial charge is 0.253 e. The van der Waals surface area contributed by atoms with Crippen LogP contribution in [0.3, 0.4) is 0 Å². The molecule has 6 heteroatoms. The van der Waals surface area contributed by atoms with Gasteiger partial charge in [-0.3, -0.25) is 9.69 Å². The molecule has 1 N–H and O–H groups in total. The fraction of sp³-hybridized carbons (Fsp3) is 0.393. The van der Waals surface area contributed by atoms with E-state index in [1.54, 1.807) is 6.07 Å². The van der Waals surface area contributed by atoms with Crippen LogP contribution in [0.1, 0.15) is 37.0 Å². The van der Waals surface area contributed by atoms with Crippen molar-refractivity contribution in [2.24, 2.45) is 0 Å². The molecule has 0 aliphatic carbocycles. The average molecular weight is 462 g/mol. The maximum Gasteiger partial charge on any atom is 0.253 e. The molecule has 0 bridgehead atoms. The van der Waals surface area contributed by atoms with Gasteiger partial charge in [-0.25, -0.2) is 0 Å². The second-order valence-electron chi connectivity index (χ2n) is 8.79. The molecule has 2 aromatic rings. The number of nitrogens with zero attached hydrogens (tertiary/aromatic N) is 3. The zero-order chi connectivity index (χ0) is 23.9. The molecule has 0 aromatic heterocycles. The van der Waals surface area contributed by atoms with Gasteiger partial charge in [0.2, 0.25) is 0 Å². The number of carbonyl (C=O) groups excluding carboxylic acids is 1. The van der Waals surface area contributed by atoms with Crippen molar-refractivity contribution in [2.75, 3.05) is 44.2 Å². The fourth-order valence-corrected chi connectivity index (χ4v) is 4.76. The minimum atomic E-state index is 0.0582. The molecule has 2 aliphatic heterocycles. The summed E-state index contributed by atoms with van der Waals surface area (Å²) in [6, 6.07) is 15.6. The molecule has 1 amide bonds. The lowest BCUT2D eigenvalue weighted by Crippen LogP contribution is -2.44. The highest BCUT2D eigenvalue weighted by Gasteiger charge is 2.27. The van der Waals surface area contributed by atoms with Gasteiger partial charge < -0.3 is 19.6 Å². The topological polar surface area (TPSA) is 56.2 Å². The van der Waals surface area contributed by atoms with E-state index in [0.717, 1.165) is 49.6 Å². The predicted molar refractivity (Wildman–Crippen MR) is 137 cm³/mol. The quantitative estimate of drug-likeness (QED) is 0.603. The summed E-state index contributed by atoms with van der Waals surface area (Å²) in [6.07, 6.45) is 8.13. The molecule has 2 aromatic carbocycles. The molecule has 0 saturated carbocycles. The van der Waals surface area contributed by atoms with Gasteiger partial charge in [0.15, 0.2) is 0 Å². The van der Waals surface area contributed by atoms with E-state index in [1.807, 2.05) is 67.3 Å². The van der Waals surface area contributed by atoms with Crippen LogP contribution in [0, 0.1) is 0 Å². The third kappa shape index (κ3) is 5.62. The summed E-state index contributed by atoms with van der Waals surface area (Å²) in [6.45, 7) is 8.84. The highest BCUT2D eigenvalue weighted by molar-refractivity contribution is 5.94. The number of likely N-dealkylation sites (tertiary alicyclic amines) is 1. The normalized spacial score (nSPS) is 16.6. The molecule has 2 aliphatic rings. The van der Waals surface area contributed by atoms with Gasteiger partial charge >= 0.3 is 0 Å². The van der Waals surface area contributed by atoms with Crippen LogP contribution in [-0.2, 0) is 4.74 Å². The monoisotopic (exact) mass is 461 g/mol. The number of amides is 1. The van der Waals surface area contributed by atoms with Crippen molar-refractivity contribution in [3.8, 4) is 5.75 Å². The number of carbonyl (C=O) groups is 1. The van der Waals surface area contributed by atoms with Crippen molar-refractivity contribution in [3.63, 3.8) is 0 Å². The SMILES string of the molecule is CCN(CC)C(=O)c1ccc(N(c2cccc(O)c2)C2CCN(CC3=CC=CCO3)CC2)cc1. The lowest BCUT2D eigenvalue weighted by Gasteiger charge is -2.40. The first-order valence-electron chi connectivity index (χ1n) is 12.3. The van der Waals surface area contributed by atoms with Gasteiger partial charge in [-0.05, 0) is 75.2 Å². The Labute approximate surface area is 202 Å². The first-order valence-corrected chi connectivity index (χ1v) is 12.3. The zero-order valence-electron chi connectivity index (χ0n) is 20.2. The second kappa shape index (κ2) is 11.3. The maximum atomic E-state index is 12.8. The number of phenolic OH excluding ortho intramolecular Hbond substituents is 1. The van der Waals surface area contributed by atoms with Gasteiger partial charge in [-0.15, -0.1) is 0 Å². The van der Waals surface area contributed by atoms with Crippen LogP contribution in [0.25, 0.3) is 0 Å². The van der Waals surface area contributed by atoms with Crippen LogP contribution in [-0.4, -0.2) is 66.2 Å². The number of ether oxygens (including phenoxy) is 1. The largest absolute Gasteiger partial charge is 0.508 e. The number of rotatable bonds is 8. The van der Waals surface area contributed by atoms with Gasteiger partial charge in [-0.2, -0.15) is 0 Å². The standard InChI is InChI=1S/C28H35N3O3/c1-3-30(4-2)28(33)22-11-13-23(14-12-22)31(25-8-7-9-26(32)20-25)24-15-17-29(18-16-24)21-27-10-5-6-19-34-27/h5-14,20,24,32H,3-4,15-19,21H2,1-2H3. The second-order valence-corrected chi connectivity index (χ2v) is 8.79. The highest BCUT2D eigenvalue weighted by Crippen LogP contribution is 2.34. The number of phenols is 1. The number of allylic oxidation sites excluding steroid dienone is 2. The Bertz CT molecular complexity index is 1020. The molecule has 0 atom stereocenters. The molecule has 2 heterocycles. The lowest BCUT2D eigenvalue weighted by atomic mass is 10.0. The summed E-state index contributed by atoms with van der Waals surface area (Å²) in [4.78, 5) is 19.3. The van der Waals surface area contributed by atoms with Crippen molar-refractivity contribution in [2.45, 2.75) is 32.7 Å². The van der Waals surface area contributed by atoms with Gasteiger partial charge in [0, 0.05) is 55.2 Å². The Morgan fingerprint density at radius 1 is 1.06 bits per heavy atom. The predicted octanol–water partition coefficient (Wildman–Crippen LogP) is 4.95. The number of piperidine rings is 1. The molecule has 4 rings (SSSR count). The van der Waals surface area contributed by atoms with E-state index in [2.05, 4.69) is 22.0 Å². The van der Waals surface area contributed by atoms with Gasteiger partial charge in [0.1, 0.15) is 18.1 Å². The summed E-state index contributed by atoms with van der Waals surface area (Å²) >= 11 is 0. The van der Waals surface area contributed by atoms with E-state index >= 15 is 0 Å². The van der Waals surface area contributed by atoms with Gasteiger partial charge in [0.25, 0.3) is 5.91 Å². The minimum absolute atomic E-state index is 0.0582. The van der Waals surface area contributed by atoms with Crippen LogP contribution >= 0.6 is 0 Å². The summed E-state index contributed by atoms with van der Waals surface area (Å²) in [5.74, 6) is 1.34. The third-order valence-corrected chi connectivity index (χ3v) is 6.64. The maximum absolute atomic E-state index is 12.8. The van der Waals surface area contributed by atoms with Gasteiger partial charge in [0.05, 0.1) is 6.54 Å². The highest BCUT2D eigenvalue weighted by atomic mass is 16.5. The summed E-state index contributed by atoms with van der Waals surface area (Å²) in [5.41, 5.74) is 2.70. The third-order valence-electron chi connectivity index (χ3n) is 6.64. The Morgan fingerprint density at radius 2 is 1.79 bits per heavy atom. The van der Waals surface area contributed by atoms with Crippen molar-refractivity contribution in [1.29, 1.82) is 0 Å². The van der Waals surface area contributed by atoms with E-state index in [9.17, 15) is 9.90 Å². The van der Waals surface area contributed by atoms with Crippen LogP contribution in [0.15, 0.2) is 72.5 Å². The number of aromatic hydroxyl groups is 1. The van der Waals surface area contributed by atoms with Crippen molar-refractivity contribution < 1.29 is 14.6 Å². The Kier molecular flexibility index (Phi) is 7.91. The van der Waals surface area contributed by atoms with E-state index < -0.39 is 0 Å². The minimum Gasteiger partial charge on any atom is -0.508 e. The number of hydrogen-bond acceptors (Lipinski definition) is 5. The Morgan fingerprint density at radius 3 is 2.41 bits per heavy atom. The molecule has 6 nitrogen and oxygen atoms in total. The molecule has 34 heavy (non-hydrogen) atoms. The molecule has 0 unspecified atom stereocenters. The first-order chi connectivity index (χ1) is 16.6. The van der Waals surface area contributed by atoms with E-state index in [-0.39, 0.29) is 11.7 Å². The average Bonchev–Trinajstić information content (AvgIpc) is 2.87. The molecular weight excluding hydrogens is 426 g/mol. The van der Waals surface area contributed by atoms with Gasteiger partial charge in [-0.1, -0.05) is 12.1 Å². The molecule has 0 spiro atoms. The first kappa shape index (κ1) is 23.9. The summed E-state index contributed by atoms with van der Waals surface area (Å²) < 4.78 is 5.73. The molecule has 1 fully saturated rings. The molecule has 180 valence electrons. The van der Waals surface area contributed by atoms with E-state index in [4.69, 9.17) is 4.74 Å². The number of benzene rings is 2. The molecule has 0 radical (unpaired) electrons. The lowest BCUT2D eigenvalue weighted by molar-refractivity contribution is 0.0773. The molecule has 1 saturated heterocycles. The number of hydrogen-bond donors (Lipinski definition) is 1. The van der Waals surface area contributed by atoms with E-state index in [1.165, 1.54) is 0 Å².